The number of hydrogen-bond acceptors (Lipinski definition) is 18. The molecule has 3 aromatic rings. The average molecular weight is 1350 g/mol. The third kappa shape index (κ3) is 18.9. The van der Waals surface area contributed by atoms with Gasteiger partial charge in [-0.25, -0.2) is 39.6 Å². The summed E-state index contributed by atoms with van der Waals surface area (Å²) in [6, 6.07) is 15.7. The van der Waals surface area contributed by atoms with E-state index in [1.165, 1.54) is 56.9 Å². The van der Waals surface area contributed by atoms with Crippen molar-refractivity contribution in [1.29, 1.82) is 0 Å². The second-order valence-corrected chi connectivity index (χ2v) is 31.4. The van der Waals surface area contributed by atoms with Crippen LogP contribution in [0.4, 0.5) is 14.4 Å². The number of nitrogens with one attached hydrogen (secondary N) is 1. The maximum absolute atomic E-state index is 15.3. The quantitative estimate of drug-likeness (QED) is 0.0569. The molecule has 3 amide bonds. The Labute approximate surface area is 546 Å². The summed E-state index contributed by atoms with van der Waals surface area (Å²) < 4.78 is 128. The SMILES string of the molecule is COC[C@H]1CCC[C@@H](COC(=O)N2CCC[C@H]2CO)N1S(=O)(=O)c1ccc(CC2C[C@@H](COC(=O)N(C)CCN(C)C)N(S(=O)(=O)c3ccc(CC4C[C@@H](COC(=O)NCCCN5CCCC5)N(S(=O)(=O)c5ccc(C)cc5)[C@@H](COC)C4)cc3)[C@@H](COC)C2)cc1. The van der Waals surface area contributed by atoms with Crippen LogP contribution in [0.2, 0.25) is 0 Å². The van der Waals surface area contributed by atoms with Crippen molar-refractivity contribution in [2.24, 2.45) is 11.8 Å². The van der Waals surface area contributed by atoms with Crippen LogP contribution in [0.5, 0.6) is 0 Å². The first-order chi connectivity index (χ1) is 44.1. The van der Waals surface area contributed by atoms with Crippen molar-refractivity contribution < 1.29 is 73.2 Å². The maximum Gasteiger partial charge on any atom is 0.410 e. The highest BCUT2D eigenvalue weighted by molar-refractivity contribution is 7.89. The maximum atomic E-state index is 15.3. The molecule has 0 bridgehead atoms. The number of hydrogen-bond donors (Lipinski definition) is 2. The lowest BCUT2D eigenvalue weighted by Gasteiger charge is -2.44. The second-order valence-electron chi connectivity index (χ2n) is 25.9. The number of ether oxygens (including phenoxy) is 6. The molecule has 3 aromatic carbocycles. The van der Waals surface area contributed by atoms with E-state index in [1.807, 2.05) is 25.9 Å². The van der Waals surface area contributed by atoms with E-state index in [0.717, 1.165) is 49.2 Å². The fourth-order valence-corrected chi connectivity index (χ4v) is 19.6. The van der Waals surface area contributed by atoms with E-state index < -0.39 is 84.6 Å². The van der Waals surface area contributed by atoms with Crippen molar-refractivity contribution in [3.05, 3.63) is 89.5 Å². The van der Waals surface area contributed by atoms with Crippen LogP contribution in [0, 0.1) is 18.8 Å². The van der Waals surface area contributed by atoms with Crippen molar-refractivity contribution in [3.63, 3.8) is 0 Å². The van der Waals surface area contributed by atoms with Gasteiger partial charge in [-0.1, -0.05) is 48.4 Å². The van der Waals surface area contributed by atoms with E-state index in [-0.39, 0.29) is 78.8 Å². The number of aliphatic hydroxyl groups is 1. The van der Waals surface area contributed by atoms with Gasteiger partial charge in [-0.2, -0.15) is 12.9 Å². The Kier molecular flexibility index (Phi) is 26.9. The second kappa shape index (κ2) is 34.1. The number of aliphatic hydroxyl groups excluding tert-OH is 1. The van der Waals surface area contributed by atoms with Gasteiger partial charge in [0.05, 0.1) is 65.3 Å². The van der Waals surface area contributed by atoms with Gasteiger partial charge in [0.15, 0.2) is 0 Å². The number of amides is 3. The zero-order valence-corrected chi connectivity index (χ0v) is 57.3. The summed E-state index contributed by atoms with van der Waals surface area (Å²) in [7, 11) is -2.59. The predicted octanol–water partition coefficient (Wildman–Crippen LogP) is 6.04. The summed E-state index contributed by atoms with van der Waals surface area (Å²) in [5.74, 6) is -0.288. The van der Waals surface area contributed by atoms with E-state index in [4.69, 9.17) is 28.4 Å². The van der Waals surface area contributed by atoms with Crippen molar-refractivity contribution >= 4 is 48.3 Å². The minimum atomic E-state index is -4.31. The number of carbonyl (C=O) groups excluding carboxylic acids is 3. The summed E-state index contributed by atoms with van der Waals surface area (Å²) in [5, 5.41) is 12.7. The summed E-state index contributed by atoms with van der Waals surface area (Å²) in [4.78, 5) is 47.4. The van der Waals surface area contributed by atoms with Crippen LogP contribution in [0.15, 0.2) is 87.5 Å². The van der Waals surface area contributed by atoms with E-state index in [1.54, 1.807) is 79.8 Å². The highest BCUT2D eigenvalue weighted by Crippen LogP contribution is 2.39. The Morgan fingerprint density at radius 3 is 1.46 bits per heavy atom. The molecule has 27 heteroatoms. The summed E-state index contributed by atoms with van der Waals surface area (Å²) in [6.07, 6.45) is 6.76. The highest BCUT2D eigenvalue weighted by Gasteiger charge is 2.47. The molecular weight excluding hydrogens is 1240 g/mol. The van der Waals surface area contributed by atoms with Gasteiger partial charge in [0.25, 0.3) is 0 Å². The number of carbonyl (C=O) groups is 3. The van der Waals surface area contributed by atoms with Gasteiger partial charge in [0.2, 0.25) is 30.1 Å². The summed E-state index contributed by atoms with van der Waals surface area (Å²) in [5.41, 5.74) is 2.53. The van der Waals surface area contributed by atoms with Crippen LogP contribution < -0.4 is 5.32 Å². The molecule has 2 N–H and O–H groups in total. The molecule has 0 radical (unpaired) electrons. The van der Waals surface area contributed by atoms with Gasteiger partial charge in [0.1, 0.15) is 19.8 Å². The van der Waals surface area contributed by atoms with Gasteiger partial charge in [-0.05, 0) is 183 Å². The molecule has 0 aromatic heterocycles. The number of nitrogens with zero attached hydrogens (tertiary/aromatic N) is 7. The molecular formula is C65H100N8O16S3. The van der Waals surface area contributed by atoms with Crippen LogP contribution in [0.1, 0.15) is 93.7 Å². The molecule has 9 atom stereocenters. The standard InChI is InChI=1S/C65H100N8O16S3/c1-48-16-22-60(23-17-48)91(80,81)72-56(43-85-6)37-51(39-58(72)46-87-63(75)66-28-12-31-69-29-8-9-30-69)35-50-20-26-62(27-21-50)92(82,83)73-57(44-86-7)38-52(40-59(73)47-88-64(76)68(4)34-33-67(2)3)36-49-18-24-61(25-19-49)90(78,79)71-54(42-84-5)13-10-14-55(71)45-89-65(77)70-32-11-15-53(70)41-74/h16-27,51-59,74H,8-15,28-47H2,1-7H3,(H,66,75)/t51?,52?,53-,54+,55-,56+,57+,58-,59-/m0/s1. The minimum absolute atomic E-state index is 0.0230. The third-order valence-corrected chi connectivity index (χ3v) is 24.8. The van der Waals surface area contributed by atoms with Crippen LogP contribution in [-0.2, 0) is 71.3 Å². The fourth-order valence-electron chi connectivity index (χ4n) is 14.1. The van der Waals surface area contributed by atoms with E-state index >= 15 is 8.42 Å². The van der Waals surface area contributed by atoms with Crippen LogP contribution >= 0.6 is 0 Å². The van der Waals surface area contributed by atoms with Gasteiger partial charge in [-0.3, -0.25) is 0 Å². The molecule has 5 aliphatic heterocycles. The van der Waals surface area contributed by atoms with Crippen molar-refractivity contribution in [3.8, 4) is 0 Å². The molecule has 24 nitrogen and oxygen atoms in total. The number of likely N-dealkylation sites (N-methyl/N-ethyl adjacent to an activating group) is 2. The van der Waals surface area contributed by atoms with Crippen molar-refractivity contribution in [1.82, 2.24) is 37.8 Å². The fraction of sp³-hybridized carbons (Fsp3) is 0.677. The van der Waals surface area contributed by atoms with Crippen molar-refractivity contribution in [2.45, 2.75) is 154 Å². The molecule has 92 heavy (non-hydrogen) atoms. The molecule has 0 spiro atoms. The molecule has 5 heterocycles. The number of aryl methyl sites for hydroxylation is 1. The lowest BCUT2D eigenvalue weighted by molar-refractivity contribution is 0.0262. The van der Waals surface area contributed by atoms with Gasteiger partial charge >= 0.3 is 18.3 Å². The number of likely N-dealkylation sites (tertiary alicyclic amines) is 2. The Bertz CT molecular complexity index is 3180. The average Bonchev–Trinajstić information content (AvgIpc) is 0.875. The molecule has 0 saturated carbocycles. The first-order valence-electron chi connectivity index (χ1n) is 32.6. The molecule has 514 valence electrons. The van der Waals surface area contributed by atoms with Crippen LogP contribution in [0.25, 0.3) is 0 Å². The number of alkyl carbamates (subject to hydrolysis) is 1. The zero-order chi connectivity index (χ0) is 66.2. The Balaban J connectivity index is 0.991. The number of methoxy groups -OCH3 is 3. The molecule has 8 rings (SSSR count). The molecule has 5 saturated heterocycles. The molecule has 5 aliphatic rings. The molecule has 2 unspecified atom stereocenters. The first kappa shape index (κ1) is 72.8. The normalized spacial score (nSPS) is 24.8. The predicted molar refractivity (Wildman–Crippen MR) is 347 cm³/mol. The summed E-state index contributed by atoms with van der Waals surface area (Å²) >= 11 is 0. The number of piperidine rings is 3. The van der Waals surface area contributed by atoms with Crippen LogP contribution in [-0.4, -0.2) is 258 Å². The number of benzene rings is 3. The minimum Gasteiger partial charge on any atom is -0.448 e. The molecule has 5 fully saturated rings. The topological polar surface area (TPSA) is 264 Å². The smallest absolute Gasteiger partial charge is 0.410 e. The van der Waals surface area contributed by atoms with E-state index in [9.17, 15) is 36.3 Å². The first-order valence-corrected chi connectivity index (χ1v) is 36.9. The lowest BCUT2D eigenvalue weighted by Crippen LogP contribution is -2.56. The third-order valence-electron chi connectivity index (χ3n) is 18.7. The van der Waals surface area contributed by atoms with Gasteiger partial charge in [-0.15, -0.1) is 0 Å². The monoisotopic (exact) mass is 1340 g/mol. The van der Waals surface area contributed by atoms with Gasteiger partial charge in [0, 0.05) is 72.7 Å². The molecule has 0 aliphatic carbocycles. The largest absolute Gasteiger partial charge is 0.448 e. The lowest BCUT2D eigenvalue weighted by atomic mass is 9.84. The van der Waals surface area contributed by atoms with Gasteiger partial charge < -0.3 is 58.4 Å². The Morgan fingerprint density at radius 2 is 0.967 bits per heavy atom. The number of rotatable bonds is 30. The Hall–Kier alpha value is -5.04. The zero-order valence-electron chi connectivity index (χ0n) is 54.8. The van der Waals surface area contributed by atoms with E-state index in [0.29, 0.717) is 90.4 Å². The van der Waals surface area contributed by atoms with Crippen LogP contribution in [0.3, 0.4) is 0 Å². The number of sulfonamides is 3. The summed E-state index contributed by atoms with van der Waals surface area (Å²) in [6.45, 7) is 6.16. The van der Waals surface area contributed by atoms with Crippen molar-refractivity contribution in [2.75, 3.05) is 135 Å². The van der Waals surface area contributed by atoms with E-state index in [2.05, 4.69) is 10.2 Å². The Morgan fingerprint density at radius 1 is 0.533 bits per heavy atom. The highest BCUT2D eigenvalue weighted by atomic mass is 32.2.